The van der Waals surface area contributed by atoms with E-state index >= 15 is 0 Å². The van der Waals surface area contributed by atoms with Gasteiger partial charge >= 0.3 is 0 Å². The molecule has 1 amide bonds. The number of aryl methyl sites for hydroxylation is 1. The van der Waals surface area contributed by atoms with E-state index in [9.17, 15) is 19.1 Å². The molecule has 1 atom stereocenters. The van der Waals surface area contributed by atoms with Crippen molar-refractivity contribution >= 4 is 16.8 Å². The van der Waals surface area contributed by atoms with Gasteiger partial charge in [0.15, 0.2) is 11.4 Å². The standard InChI is InChI=1S/C21H23FN4O3/c1-11(2)15-10-24(4)21(29)18-19(27)16-17(26(15)18)12(3)23-25(20(16)28)9-13-5-7-14(22)8-6-13/h5-8,11,15,27H,9-10H2,1-4H3/t15-/m0/s1. The van der Waals surface area contributed by atoms with Crippen molar-refractivity contribution < 1.29 is 14.3 Å². The number of fused-ring (bicyclic) bond motifs is 3. The first-order chi connectivity index (χ1) is 13.7. The number of aromatic nitrogens is 3. The minimum absolute atomic E-state index is 0.0797. The molecule has 0 radical (unpaired) electrons. The van der Waals surface area contributed by atoms with Crippen LogP contribution < -0.4 is 5.56 Å². The molecule has 8 heteroatoms. The number of amides is 1. The van der Waals surface area contributed by atoms with Crippen LogP contribution in [0.4, 0.5) is 4.39 Å². The maximum atomic E-state index is 13.2. The Balaban J connectivity index is 1.97. The van der Waals surface area contributed by atoms with Crippen LogP contribution in [0.15, 0.2) is 29.1 Å². The van der Waals surface area contributed by atoms with Crippen molar-refractivity contribution in [3.05, 3.63) is 57.4 Å². The zero-order chi connectivity index (χ0) is 21.0. The number of benzene rings is 1. The molecule has 0 fully saturated rings. The zero-order valence-corrected chi connectivity index (χ0v) is 16.8. The van der Waals surface area contributed by atoms with Crippen molar-refractivity contribution in [3.8, 4) is 5.75 Å². The van der Waals surface area contributed by atoms with Crippen molar-refractivity contribution in [2.24, 2.45) is 5.92 Å². The predicted molar refractivity (Wildman–Crippen MR) is 107 cm³/mol. The topological polar surface area (TPSA) is 80.4 Å². The number of halogens is 1. The summed E-state index contributed by atoms with van der Waals surface area (Å²) in [6.45, 7) is 6.47. The number of hydrogen-bond acceptors (Lipinski definition) is 4. The lowest BCUT2D eigenvalue weighted by atomic mass is 10.0. The molecule has 1 N–H and O–H groups in total. The van der Waals surface area contributed by atoms with E-state index in [1.165, 1.54) is 16.8 Å². The lowest BCUT2D eigenvalue weighted by molar-refractivity contribution is 0.0694. The summed E-state index contributed by atoms with van der Waals surface area (Å²) in [6, 6.07) is 5.73. The minimum atomic E-state index is -0.479. The summed E-state index contributed by atoms with van der Waals surface area (Å²) in [5.41, 5.74) is 1.41. The first-order valence-electron chi connectivity index (χ1n) is 9.55. The molecule has 1 aliphatic heterocycles. The summed E-state index contributed by atoms with van der Waals surface area (Å²) in [5, 5.41) is 15.4. The van der Waals surface area contributed by atoms with Gasteiger partial charge in [0.25, 0.3) is 11.5 Å². The van der Waals surface area contributed by atoms with Gasteiger partial charge in [-0.1, -0.05) is 26.0 Å². The Hall–Kier alpha value is -3.16. The monoisotopic (exact) mass is 398 g/mol. The van der Waals surface area contributed by atoms with Crippen molar-refractivity contribution in [2.45, 2.75) is 33.4 Å². The van der Waals surface area contributed by atoms with E-state index < -0.39 is 5.56 Å². The fourth-order valence-corrected chi connectivity index (χ4v) is 4.08. The van der Waals surface area contributed by atoms with Gasteiger partial charge in [0.05, 0.1) is 23.8 Å². The van der Waals surface area contributed by atoms with Crippen LogP contribution in [0.3, 0.4) is 0 Å². The number of hydrogen-bond donors (Lipinski definition) is 1. The molecule has 2 aromatic heterocycles. The molecule has 0 aliphatic carbocycles. The molecular formula is C21H23FN4O3. The molecule has 3 heterocycles. The fraction of sp³-hybridized carbons (Fsp3) is 0.381. The number of rotatable bonds is 3. The Kier molecular flexibility index (Phi) is 4.44. The van der Waals surface area contributed by atoms with Crippen LogP contribution in [-0.2, 0) is 6.54 Å². The average Bonchev–Trinajstić information content (AvgIpc) is 2.98. The smallest absolute Gasteiger partial charge is 0.280 e. The lowest BCUT2D eigenvalue weighted by Crippen LogP contribution is -2.42. The second kappa shape index (κ2) is 6.72. The van der Waals surface area contributed by atoms with Crippen molar-refractivity contribution in [3.63, 3.8) is 0 Å². The van der Waals surface area contributed by atoms with Gasteiger partial charge in [-0.05, 0) is 30.5 Å². The van der Waals surface area contributed by atoms with Gasteiger partial charge in [-0.15, -0.1) is 0 Å². The summed E-state index contributed by atoms with van der Waals surface area (Å²) in [4.78, 5) is 27.5. The van der Waals surface area contributed by atoms with Gasteiger partial charge in [-0.2, -0.15) is 5.10 Å². The first kappa shape index (κ1) is 19.2. The van der Waals surface area contributed by atoms with Crippen LogP contribution in [0.5, 0.6) is 5.75 Å². The Labute approximate surface area is 167 Å². The second-order valence-electron chi connectivity index (χ2n) is 7.96. The molecule has 0 bridgehead atoms. The lowest BCUT2D eigenvalue weighted by Gasteiger charge is -2.35. The van der Waals surface area contributed by atoms with E-state index in [2.05, 4.69) is 5.10 Å². The highest BCUT2D eigenvalue weighted by Crippen LogP contribution is 2.39. The van der Waals surface area contributed by atoms with Gasteiger partial charge in [0, 0.05) is 13.6 Å². The van der Waals surface area contributed by atoms with E-state index in [4.69, 9.17) is 0 Å². The van der Waals surface area contributed by atoms with Crippen molar-refractivity contribution in [2.75, 3.05) is 13.6 Å². The van der Waals surface area contributed by atoms with Crippen molar-refractivity contribution in [1.82, 2.24) is 19.2 Å². The third kappa shape index (κ3) is 2.90. The largest absolute Gasteiger partial charge is 0.505 e. The summed E-state index contributed by atoms with van der Waals surface area (Å²) < 4.78 is 16.2. The molecule has 0 saturated carbocycles. The van der Waals surface area contributed by atoms with E-state index in [-0.39, 0.29) is 47.1 Å². The van der Waals surface area contributed by atoms with Crippen LogP contribution in [0.1, 0.15) is 41.6 Å². The molecule has 1 aliphatic rings. The van der Waals surface area contributed by atoms with Crippen LogP contribution in [0.25, 0.3) is 10.9 Å². The second-order valence-corrected chi connectivity index (χ2v) is 7.96. The van der Waals surface area contributed by atoms with E-state index in [0.717, 1.165) is 0 Å². The maximum Gasteiger partial charge on any atom is 0.280 e. The van der Waals surface area contributed by atoms with Gasteiger partial charge in [-0.25, -0.2) is 9.07 Å². The molecule has 4 rings (SSSR count). The third-order valence-electron chi connectivity index (χ3n) is 5.60. The van der Waals surface area contributed by atoms with E-state index in [0.29, 0.717) is 23.3 Å². The molecule has 29 heavy (non-hydrogen) atoms. The molecule has 0 spiro atoms. The summed E-state index contributed by atoms with van der Waals surface area (Å²) in [7, 11) is 1.69. The molecule has 1 aromatic carbocycles. The SMILES string of the molecule is Cc1nn(Cc2ccc(F)cc2)c(=O)c2c(O)c3n(c12)[C@H](C(C)C)CN(C)C3=O. The maximum absolute atomic E-state index is 13.2. The molecule has 3 aromatic rings. The van der Waals surface area contributed by atoms with E-state index in [1.54, 1.807) is 35.6 Å². The summed E-state index contributed by atoms with van der Waals surface area (Å²) in [5.74, 6) is -0.800. The number of aromatic hydroxyl groups is 1. The normalized spacial score (nSPS) is 16.7. The Bertz CT molecular complexity index is 1180. The van der Waals surface area contributed by atoms with Gasteiger partial charge in [0.1, 0.15) is 11.2 Å². The fourth-order valence-electron chi connectivity index (χ4n) is 4.08. The molecule has 0 unspecified atom stereocenters. The molecule has 0 saturated heterocycles. The number of nitrogens with zero attached hydrogens (tertiary/aromatic N) is 4. The highest BCUT2D eigenvalue weighted by atomic mass is 19.1. The Morgan fingerprint density at radius 2 is 1.90 bits per heavy atom. The van der Waals surface area contributed by atoms with Gasteiger partial charge in [0.2, 0.25) is 0 Å². The molecule has 7 nitrogen and oxygen atoms in total. The zero-order valence-electron chi connectivity index (χ0n) is 16.8. The van der Waals surface area contributed by atoms with Crippen molar-refractivity contribution in [1.29, 1.82) is 0 Å². The Morgan fingerprint density at radius 1 is 1.24 bits per heavy atom. The van der Waals surface area contributed by atoms with Crippen LogP contribution in [0, 0.1) is 18.7 Å². The highest BCUT2D eigenvalue weighted by molar-refractivity contribution is 6.04. The van der Waals surface area contributed by atoms with Gasteiger partial charge in [-0.3, -0.25) is 9.59 Å². The first-order valence-corrected chi connectivity index (χ1v) is 9.55. The number of carbonyl (C=O) groups is 1. The quantitative estimate of drug-likeness (QED) is 0.736. The van der Waals surface area contributed by atoms with Gasteiger partial charge < -0.3 is 14.6 Å². The predicted octanol–water partition coefficient (Wildman–Crippen LogP) is 2.68. The molecule has 152 valence electrons. The van der Waals surface area contributed by atoms with E-state index in [1.807, 2.05) is 13.8 Å². The Morgan fingerprint density at radius 3 is 2.52 bits per heavy atom. The van der Waals surface area contributed by atoms with Crippen LogP contribution >= 0.6 is 0 Å². The highest BCUT2D eigenvalue weighted by Gasteiger charge is 2.37. The van der Waals surface area contributed by atoms with Crippen LogP contribution in [-0.4, -0.2) is 43.9 Å². The molecular weight excluding hydrogens is 375 g/mol. The average molecular weight is 398 g/mol. The third-order valence-corrected chi connectivity index (χ3v) is 5.60. The number of carbonyl (C=O) groups excluding carboxylic acids is 1. The number of likely N-dealkylation sites (N-methyl/N-ethyl adjacent to an activating group) is 1. The minimum Gasteiger partial charge on any atom is -0.505 e. The summed E-state index contributed by atoms with van der Waals surface area (Å²) >= 11 is 0. The van der Waals surface area contributed by atoms with Crippen LogP contribution in [0.2, 0.25) is 0 Å². The summed E-state index contributed by atoms with van der Waals surface area (Å²) in [6.07, 6.45) is 0.